The van der Waals surface area contributed by atoms with Crippen LogP contribution in [0.5, 0.6) is 11.5 Å². The molecule has 1 amide bonds. The number of nitrogens with one attached hydrogen (secondary N) is 2. The molecule has 0 bridgehead atoms. The molecule has 0 saturated heterocycles. The molecule has 188 valence electrons. The fraction of sp³-hybridized carbons (Fsp3) is 0.185. The van der Waals surface area contributed by atoms with Crippen molar-refractivity contribution in [2.75, 3.05) is 17.2 Å². The topological polar surface area (TPSA) is 124 Å². The molecule has 5 rings (SSSR count). The minimum Gasteiger partial charge on any atom is -0.489 e. The molecule has 10 heteroatoms. The number of amides is 1. The zero-order valence-corrected chi connectivity index (χ0v) is 20.7. The van der Waals surface area contributed by atoms with Gasteiger partial charge >= 0.3 is 0 Å². The second kappa shape index (κ2) is 10.4. The number of ether oxygens (including phenoxy) is 2. The molecule has 2 aromatic heterocycles. The average Bonchev–Trinajstić information content (AvgIpc) is 3.65. The first kappa shape index (κ1) is 24.5. The number of hydrogen-bond acceptors (Lipinski definition) is 8. The lowest BCUT2D eigenvalue weighted by Gasteiger charge is -2.17. The van der Waals surface area contributed by atoms with E-state index in [0.29, 0.717) is 57.8 Å². The van der Waals surface area contributed by atoms with Crippen LogP contribution < -0.4 is 25.8 Å². The van der Waals surface area contributed by atoms with E-state index < -0.39 is 0 Å². The molecule has 1 fully saturated rings. The highest BCUT2D eigenvalue weighted by Crippen LogP contribution is 2.37. The maximum Gasteiger partial charge on any atom is 0.247 e. The highest BCUT2D eigenvalue weighted by Gasteiger charge is 2.39. The van der Waals surface area contributed by atoms with E-state index in [0.717, 1.165) is 18.5 Å². The number of anilines is 3. The lowest BCUT2D eigenvalue weighted by atomic mass is 10.1. The van der Waals surface area contributed by atoms with Crippen LogP contribution in [0.25, 0.3) is 10.9 Å². The van der Waals surface area contributed by atoms with Gasteiger partial charge in [0, 0.05) is 23.3 Å². The largest absolute Gasteiger partial charge is 0.489 e. The van der Waals surface area contributed by atoms with E-state index in [4.69, 9.17) is 26.8 Å². The average molecular weight is 517 g/mol. The number of fused-ring (bicyclic) bond motifs is 1. The zero-order valence-electron chi connectivity index (χ0n) is 19.9. The summed E-state index contributed by atoms with van der Waals surface area (Å²) in [5.74, 6) is 1.18. The molecule has 0 radical (unpaired) electrons. The minimum absolute atomic E-state index is 0.304. The number of carbonyl (C=O) groups is 1. The van der Waals surface area contributed by atoms with Crippen LogP contribution in [0.4, 0.5) is 17.2 Å². The smallest absolute Gasteiger partial charge is 0.247 e. The molecule has 0 aliphatic heterocycles. The highest BCUT2D eigenvalue weighted by atomic mass is 35.5. The van der Waals surface area contributed by atoms with E-state index in [9.17, 15) is 4.79 Å². The monoisotopic (exact) mass is 516 g/mol. The Hall–Kier alpha value is -4.21. The molecule has 9 nitrogen and oxygen atoms in total. The molecule has 4 aromatic rings. The molecule has 37 heavy (non-hydrogen) atoms. The molecular weight excluding hydrogens is 492 g/mol. The molecule has 2 heterocycles. The Balaban J connectivity index is 1.39. The van der Waals surface area contributed by atoms with Gasteiger partial charge in [-0.25, -0.2) is 9.97 Å². The number of aromatic nitrogens is 3. The van der Waals surface area contributed by atoms with Gasteiger partial charge in [0.2, 0.25) is 5.91 Å². The fourth-order valence-corrected chi connectivity index (χ4v) is 3.81. The van der Waals surface area contributed by atoms with Crippen molar-refractivity contribution in [1.82, 2.24) is 15.0 Å². The molecule has 1 saturated carbocycles. The first-order valence-corrected chi connectivity index (χ1v) is 12.0. The predicted octanol–water partition coefficient (Wildman–Crippen LogP) is 5.00. The number of hydrogen-bond donors (Lipinski definition) is 3. The molecule has 1 aliphatic rings. The van der Waals surface area contributed by atoms with Crippen LogP contribution in [-0.2, 0) is 11.4 Å². The van der Waals surface area contributed by atoms with Crippen LogP contribution in [-0.4, -0.2) is 33.0 Å². The van der Waals surface area contributed by atoms with Crippen molar-refractivity contribution >= 4 is 45.6 Å². The Morgan fingerprint density at radius 2 is 1.97 bits per heavy atom. The summed E-state index contributed by atoms with van der Waals surface area (Å²) in [5.41, 5.74) is 8.46. The first-order valence-electron chi connectivity index (χ1n) is 11.7. The van der Waals surface area contributed by atoms with E-state index in [-0.39, 0.29) is 11.4 Å². The van der Waals surface area contributed by atoms with Gasteiger partial charge in [0.05, 0.1) is 27.5 Å². The fourth-order valence-electron chi connectivity index (χ4n) is 3.58. The van der Waals surface area contributed by atoms with Gasteiger partial charge in [-0.3, -0.25) is 9.78 Å². The van der Waals surface area contributed by atoms with E-state index in [1.54, 1.807) is 30.5 Å². The van der Waals surface area contributed by atoms with Gasteiger partial charge < -0.3 is 25.8 Å². The van der Waals surface area contributed by atoms with E-state index in [1.165, 1.54) is 12.4 Å². The van der Waals surface area contributed by atoms with Gasteiger partial charge in [0.1, 0.15) is 36.9 Å². The molecule has 1 aliphatic carbocycles. The number of nitrogens with zero attached hydrogens (tertiary/aromatic N) is 3. The number of nitrogens with two attached hydrogens (primary N) is 1. The normalized spacial score (nSPS) is 13.6. The number of pyridine rings is 1. The van der Waals surface area contributed by atoms with Gasteiger partial charge in [-0.05, 0) is 55.3 Å². The van der Waals surface area contributed by atoms with Gasteiger partial charge in [0.15, 0.2) is 0 Å². The van der Waals surface area contributed by atoms with Crippen LogP contribution in [0.15, 0.2) is 73.7 Å². The van der Waals surface area contributed by atoms with Crippen molar-refractivity contribution in [2.24, 2.45) is 5.73 Å². The maximum atomic E-state index is 12.1. The van der Waals surface area contributed by atoms with Gasteiger partial charge in [-0.2, -0.15) is 0 Å². The molecule has 2 aromatic carbocycles. The van der Waals surface area contributed by atoms with Crippen molar-refractivity contribution in [3.63, 3.8) is 0 Å². The number of benzene rings is 2. The third-order valence-corrected chi connectivity index (χ3v) is 6.18. The SMILES string of the molecule is C=CC(=O)Nc1cc2c(Nc3ccc(OCc4ccccn4)c(Cl)c3)ncnc2cc1OCC1(N)CC1. The van der Waals surface area contributed by atoms with Crippen molar-refractivity contribution in [3.05, 3.63) is 84.4 Å². The van der Waals surface area contributed by atoms with E-state index in [1.807, 2.05) is 24.3 Å². The third kappa shape index (κ3) is 5.96. The Morgan fingerprint density at radius 3 is 2.70 bits per heavy atom. The van der Waals surface area contributed by atoms with E-state index >= 15 is 0 Å². The van der Waals surface area contributed by atoms with Crippen molar-refractivity contribution in [1.29, 1.82) is 0 Å². The van der Waals surface area contributed by atoms with Gasteiger partial charge in [-0.1, -0.05) is 24.2 Å². The first-order chi connectivity index (χ1) is 17.9. The van der Waals surface area contributed by atoms with Crippen LogP contribution in [0.3, 0.4) is 0 Å². The second-order valence-electron chi connectivity index (χ2n) is 8.81. The number of halogens is 1. The summed E-state index contributed by atoms with van der Waals surface area (Å²) < 4.78 is 11.8. The van der Waals surface area contributed by atoms with Gasteiger partial charge in [-0.15, -0.1) is 0 Å². The summed E-state index contributed by atoms with van der Waals surface area (Å²) in [6.45, 7) is 4.18. The maximum absolute atomic E-state index is 12.1. The predicted molar refractivity (Wildman–Crippen MR) is 143 cm³/mol. The lowest BCUT2D eigenvalue weighted by molar-refractivity contribution is -0.111. The summed E-state index contributed by atoms with van der Waals surface area (Å²) in [7, 11) is 0. The number of carbonyl (C=O) groups excluding carboxylic acids is 1. The summed E-state index contributed by atoms with van der Waals surface area (Å²) in [5, 5.41) is 7.18. The zero-order chi connectivity index (χ0) is 25.8. The third-order valence-electron chi connectivity index (χ3n) is 5.88. The van der Waals surface area contributed by atoms with Crippen LogP contribution >= 0.6 is 11.6 Å². The summed E-state index contributed by atoms with van der Waals surface area (Å²) in [4.78, 5) is 25.1. The second-order valence-corrected chi connectivity index (χ2v) is 9.22. The standard InChI is InChI=1S/C27H25ClN6O3/c1-2-25(35)34-22-12-19-21(13-24(22)37-15-27(29)8-9-27)31-16-32-26(19)33-17-6-7-23(20(28)11-17)36-14-18-5-3-4-10-30-18/h2-7,10-13,16H,1,8-9,14-15,29H2,(H,34,35)(H,31,32,33). The quantitative estimate of drug-likeness (QED) is 0.252. The Morgan fingerprint density at radius 1 is 1.11 bits per heavy atom. The Kier molecular flexibility index (Phi) is 6.89. The van der Waals surface area contributed by atoms with Crippen LogP contribution in [0, 0.1) is 0 Å². The molecule has 0 atom stereocenters. The summed E-state index contributed by atoms with van der Waals surface area (Å²) in [6, 6.07) is 14.5. The highest BCUT2D eigenvalue weighted by molar-refractivity contribution is 6.32. The Labute approximate surface area is 218 Å². The van der Waals surface area contributed by atoms with Crippen LogP contribution in [0.2, 0.25) is 5.02 Å². The van der Waals surface area contributed by atoms with E-state index in [2.05, 4.69) is 32.2 Å². The number of rotatable bonds is 10. The van der Waals surface area contributed by atoms with Crippen molar-refractivity contribution in [2.45, 2.75) is 25.0 Å². The van der Waals surface area contributed by atoms with Crippen molar-refractivity contribution in [3.8, 4) is 11.5 Å². The molecular formula is C27H25ClN6O3. The summed E-state index contributed by atoms with van der Waals surface area (Å²) >= 11 is 6.47. The van der Waals surface area contributed by atoms with Gasteiger partial charge in [0.25, 0.3) is 0 Å². The van der Waals surface area contributed by atoms with Crippen molar-refractivity contribution < 1.29 is 14.3 Å². The molecule has 0 unspecified atom stereocenters. The molecule has 4 N–H and O–H groups in total. The Bertz CT molecular complexity index is 1460. The van der Waals surface area contributed by atoms with Crippen LogP contribution in [0.1, 0.15) is 18.5 Å². The summed E-state index contributed by atoms with van der Waals surface area (Å²) in [6.07, 6.45) is 6.17. The molecule has 0 spiro atoms. The minimum atomic E-state index is -0.363. The lowest BCUT2D eigenvalue weighted by Crippen LogP contribution is -2.30.